The molecule has 5 nitrogen and oxygen atoms in total. The molecule has 1 aromatic heterocycles. The number of nitrogens with two attached hydrogens (primary N) is 1. The number of hydrogen-bond donors (Lipinski definition) is 3. The van der Waals surface area contributed by atoms with Gasteiger partial charge >= 0.3 is 0 Å². The van der Waals surface area contributed by atoms with E-state index in [1.807, 2.05) is 18.2 Å². The maximum absolute atomic E-state index is 8.74. The molecule has 1 heterocycles. The second-order valence-corrected chi connectivity index (χ2v) is 4.51. The van der Waals surface area contributed by atoms with Crippen LogP contribution in [0.5, 0.6) is 0 Å². The van der Waals surface area contributed by atoms with E-state index in [4.69, 9.17) is 10.8 Å². The number of nitrogen functional groups attached to an aromatic ring is 1. The monoisotopic (exact) mass is 296 g/mol. The molecule has 2 aromatic rings. The zero-order valence-electron chi connectivity index (χ0n) is 9.15. The summed E-state index contributed by atoms with van der Waals surface area (Å²) in [7, 11) is 0. The number of hydrogen-bond acceptors (Lipinski definition) is 5. The van der Waals surface area contributed by atoms with Gasteiger partial charge in [0, 0.05) is 23.0 Å². The first-order valence-electron chi connectivity index (χ1n) is 5.28. The van der Waals surface area contributed by atoms with Gasteiger partial charge in [-0.05, 0) is 24.6 Å². The summed E-state index contributed by atoms with van der Waals surface area (Å²) in [6.07, 6.45) is 0.669. The van der Waals surface area contributed by atoms with E-state index in [2.05, 4.69) is 31.2 Å². The molecule has 2 rings (SSSR count). The van der Waals surface area contributed by atoms with E-state index in [1.54, 1.807) is 0 Å². The molecule has 0 saturated carbocycles. The highest BCUT2D eigenvalue weighted by atomic mass is 79.9. The van der Waals surface area contributed by atoms with Crippen LogP contribution in [0.1, 0.15) is 6.42 Å². The number of nitrogens with one attached hydrogen (secondary N) is 1. The molecule has 0 aliphatic rings. The van der Waals surface area contributed by atoms with Crippen LogP contribution in [-0.4, -0.2) is 28.2 Å². The molecule has 1 aromatic carbocycles. The Kier molecular flexibility index (Phi) is 3.75. The predicted octanol–water partition coefficient (Wildman–Crippen LogP) is 1.77. The van der Waals surface area contributed by atoms with E-state index in [9.17, 15) is 0 Å². The molecule has 0 atom stereocenters. The van der Waals surface area contributed by atoms with Crippen molar-refractivity contribution in [1.82, 2.24) is 9.97 Å². The first-order chi connectivity index (χ1) is 8.20. The summed E-state index contributed by atoms with van der Waals surface area (Å²) < 4.78 is 0.949. The zero-order chi connectivity index (χ0) is 12.3. The van der Waals surface area contributed by atoms with Crippen molar-refractivity contribution < 1.29 is 5.11 Å². The van der Waals surface area contributed by atoms with E-state index in [0.29, 0.717) is 18.8 Å². The molecule has 0 radical (unpaired) electrons. The Hall–Kier alpha value is -1.40. The first-order valence-corrected chi connectivity index (χ1v) is 6.07. The summed E-state index contributed by atoms with van der Waals surface area (Å²) in [6.45, 7) is 0.801. The largest absolute Gasteiger partial charge is 0.396 e. The summed E-state index contributed by atoms with van der Waals surface area (Å²) in [5, 5.41) is 12.8. The van der Waals surface area contributed by atoms with E-state index in [1.165, 1.54) is 0 Å². The van der Waals surface area contributed by atoms with Gasteiger partial charge in [0.15, 0.2) is 0 Å². The number of fused-ring (bicyclic) bond motifs is 1. The number of nitrogens with zero attached hydrogens (tertiary/aromatic N) is 2. The highest BCUT2D eigenvalue weighted by molar-refractivity contribution is 9.10. The van der Waals surface area contributed by atoms with Crippen molar-refractivity contribution in [1.29, 1.82) is 0 Å². The minimum absolute atomic E-state index is 0.150. The number of aliphatic hydroxyl groups excluding tert-OH is 1. The smallest absolute Gasteiger partial charge is 0.222 e. The fourth-order valence-electron chi connectivity index (χ4n) is 1.54. The minimum Gasteiger partial charge on any atom is -0.396 e. The van der Waals surface area contributed by atoms with Gasteiger partial charge in [-0.1, -0.05) is 15.9 Å². The first kappa shape index (κ1) is 12.1. The van der Waals surface area contributed by atoms with Gasteiger partial charge < -0.3 is 16.2 Å². The van der Waals surface area contributed by atoms with Gasteiger partial charge in [-0.15, -0.1) is 0 Å². The SMILES string of the molecule is Nc1nc(NCCCO)c2ccc(Br)cc2n1. The van der Waals surface area contributed by atoms with Crippen molar-refractivity contribution in [2.45, 2.75) is 6.42 Å². The molecular weight excluding hydrogens is 284 g/mol. The maximum atomic E-state index is 8.74. The third-order valence-electron chi connectivity index (χ3n) is 2.30. The molecule has 0 aliphatic carbocycles. The Morgan fingerprint density at radius 2 is 2.18 bits per heavy atom. The number of anilines is 2. The third-order valence-corrected chi connectivity index (χ3v) is 2.80. The number of benzene rings is 1. The predicted molar refractivity (Wildman–Crippen MR) is 71.8 cm³/mol. The molecule has 90 valence electrons. The number of halogens is 1. The fraction of sp³-hybridized carbons (Fsp3) is 0.273. The van der Waals surface area contributed by atoms with Crippen LogP contribution in [0.15, 0.2) is 22.7 Å². The topological polar surface area (TPSA) is 84.1 Å². The van der Waals surface area contributed by atoms with Gasteiger partial charge in [-0.2, -0.15) is 4.98 Å². The Labute approximate surface area is 107 Å². The van der Waals surface area contributed by atoms with Gasteiger partial charge in [0.25, 0.3) is 0 Å². The quantitative estimate of drug-likeness (QED) is 0.749. The Morgan fingerprint density at radius 3 is 2.94 bits per heavy atom. The van der Waals surface area contributed by atoms with Crippen molar-refractivity contribution in [3.63, 3.8) is 0 Å². The van der Waals surface area contributed by atoms with E-state index >= 15 is 0 Å². The van der Waals surface area contributed by atoms with E-state index < -0.39 is 0 Å². The minimum atomic E-state index is 0.150. The van der Waals surface area contributed by atoms with Gasteiger partial charge in [0.2, 0.25) is 5.95 Å². The third kappa shape index (κ3) is 2.83. The standard InChI is InChI=1S/C11H13BrN4O/c12-7-2-3-8-9(6-7)15-11(13)16-10(8)14-4-1-5-17/h2-3,6,17H,1,4-5H2,(H3,13,14,15,16). The van der Waals surface area contributed by atoms with Crippen LogP contribution in [0, 0.1) is 0 Å². The van der Waals surface area contributed by atoms with Crippen LogP contribution < -0.4 is 11.1 Å². The van der Waals surface area contributed by atoms with E-state index in [-0.39, 0.29) is 12.6 Å². The molecule has 0 bridgehead atoms. The second-order valence-electron chi connectivity index (χ2n) is 3.60. The Bertz CT molecular complexity index is 527. The molecule has 0 fully saturated rings. The second kappa shape index (κ2) is 5.29. The van der Waals surface area contributed by atoms with Crippen LogP contribution in [-0.2, 0) is 0 Å². The number of rotatable bonds is 4. The van der Waals surface area contributed by atoms with Crippen molar-refractivity contribution >= 4 is 38.6 Å². The highest BCUT2D eigenvalue weighted by Crippen LogP contribution is 2.24. The van der Waals surface area contributed by atoms with Crippen molar-refractivity contribution in [2.75, 3.05) is 24.2 Å². The molecule has 0 unspecified atom stereocenters. The normalized spacial score (nSPS) is 10.7. The van der Waals surface area contributed by atoms with Crippen molar-refractivity contribution in [3.05, 3.63) is 22.7 Å². The molecular formula is C11H13BrN4O. The summed E-state index contributed by atoms with van der Waals surface area (Å²) in [6, 6.07) is 5.75. The lowest BCUT2D eigenvalue weighted by Gasteiger charge is -2.08. The lowest BCUT2D eigenvalue weighted by Crippen LogP contribution is -2.07. The summed E-state index contributed by atoms with van der Waals surface area (Å²) in [5.74, 6) is 0.940. The van der Waals surface area contributed by atoms with Gasteiger partial charge in [0.05, 0.1) is 5.52 Å². The van der Waals surface area contributed by atoms with Crippen LogP contribution in [0.4, 0.5) is 11.8 Å². The lowest BCUT2D eigenvalue weighted by atomic mass is 10.2. The highest BCUT2D eigenvalue weighted by Gasteiger charge is 2.05. The molecule has 0 saturated heterocycles. The molecule has 4 N–H and O–H groups in total. The van der Waals surface area contributed by atoms with Gasteiger partial charge in [0.1, 0.15) is 5.82 Å². The number of aromatic nitrogens is 2. The van der Waals surface area contributed by atoms with Gasteiger partial charge in [-0.25, -0.2) is 4.98 Å². The van der Waals surface area contributed by atoms with Crippen molar-refractivity contribution in [2.24, 2.45) is 0 Å². The molecule has 0 spiro atoms. The van der Waals surface area contributed by atoms with Gasteiger partial charge in [-0.3, -0.25) is 0 Å². The summed E-state index contributed by atoms with van der Waals surface area (Å²) in [4.78, 5) is 8.33. The zero-order valence-corrected chi connectivity index (χ0v) is 10.7. The van der Waals surface area contributed by atoms with Crippen LogP contribution in [0.3, 0.4) is 0 Å². The molecule has 0 aliphatic heterocycles. The molecule has 17 heavy (non-hydrogen) atoms. The Balaban J connectivity index is 2.39. The summed E-state index contributed by atoms with van der Waals surface area (Å²) >= 11 is 3.39. The van der Waals surface area contributed by atoms with Crippen LogP contribution >= 0.6 is 15.9 Å². The fourth-order valence-corrected chi connectivity index (χ4v) is 1.89. The molecule has 6 heteroatoms. The molecule has 0 amide bonds. The van der Waals surface area contributed by atoms with Crippen LogP contribution in [0.25, 0.3) is 10.9 Å². The van der Waals surface area contributed by atoms with E-state index in [0.717, 1.165) is 15.4 Å². The van der Waals surface area contributed by atoms with Crippen LogP contribution in [0.2, 0.25) is 0 Å². The maximum Gasteiger partial charge on any atom is 0.222 e. The summed E-state index contributed by atoms with van der Waals surface area (Å²) in [5.41, 5.74) is 6.44. The average Bonchev–Trinajstić information content (AvgIpc) is 2.28. The Morgan fingerprint density at radius 1 is 1.35 bits per heavy atom. The average molecular weight is 297 g/mol. The lowest BCUT2D eigenvalue weighted by molar-refractivity contribution is 0.292. The number of aliphatic hydroxyl groups is 1. The van der Waals surface area contributed by atoms with Crippen molar-refractivity contribution in [3.8, 4) is 0 Å².